The van der Waals surface area contributed by atoms with Gasteiger partial charge in [-0.1, -0.05) is 12.1 Å². The Balaban J connectivity index is 1.90. The first-order valence-corrected chi connectivity index (χ1v) is 7.97. The van der Waals surface area contributed by atoms with Crippen molar-refractivity contribution >= 4 is 11.7 Å². The number of carbonyl (C=O) groups is 1. The number of hydrogen-bond donors (Lipinski definition) is 2. The molecule has 2 aliphatic heterocycles. The Labute approximate surface area is 139 Å². The molecule has 24 heavy (non-hydrogen) atoms. The summed E-state index contributed by atoms with van der Waals surface area (Å²) in [5.41, 5.74) is 6.93. The molecule has 3 rings (SSSR count). The third kappa shape index (κ3) is 3.50. The number of nitrogens with one attached hydrogen (secondary N) is 2. The highest BCUT2D eigenvalue weighted by atomic mass is 19.1. The van der Waals surface area contributed by atoms with Crippen LogP contribution in [0.1, 0.15) is 6.92 Å². The van der Waals surface area contributed by atoms with Crippen LogP contribution in [0.5, 0.6) is 0 Å². The Morgan fingerprint density at radius 3 is 2.79 bits per heavy atom. The number of morpholine rings is 1. The van der Waals surface area contributed by atoms with E-state index in [1.165, 1.54) is 6.07 Å². The second-order valence-electron chi connectivity index (χ2n) is 5.45. The normalized spacial score (nSPS) is 18.7. The van der Waals surface area contributed by atoms with E-state index >= 15 is 0 Å². The van der Waals surface area contributed by atoms with Gasteiger partial charge in [-0.2, -0.15) is 0 Å². The van der Waals surface area contributed by atoms with Crippen molar-refractivity contribution in [3.05, 3.63) is 41.5 Å². The van der Waals surface area contributed by atoms with Gasteiger partial charge in [-0.25, -0.2) is 9.18 Å². The lowest BCUT2D eigenvalue weighted by Gasteiger charge is -2.30. The maximum absolute atomic E-state index is 14.2. The lowest BCUT2D eigenvalue weighted by Crippen LogP contribution is -2.43. The van der Waals surface area contributed by atoms with Crippen LogP contribution in [0.25, 0.3) is 0 Å². The highest BCUT2D eigenvalue weighted by molar-refractivity contribution is 5.90. The number of para-hydroxylation sites is 1. The van der Waals surface area contributed by atoms with Crippen LogP contribution in [-0.2, 0) is 14.3 Å². The van der Waals surface area contributed by atoms with Crippen molar-refractivity contribution in [1.82, 2.24) is 15.9 Å². The number of halogens is 1. The molecule has 0 spiro atoms. The highest BCUT2D eigenvalue weighted by Gasteiger charge is 2.31. The molecular weight excluding hydrogens is 315 g/mol. The van der Waals surface area contributed by atoms with Gasteiger partial charge in [-0.05, 0) is 19.1 Å². The molecule has 2 aliphatic rings. The van der Waals surface area contributed by atoms with Gasteiger partial charge < -0.3 is 9.47 Å². The molecule has 0 aliphatic carbocycles. The molecule has 2 heterocycles. The fraction of sp³-hybridized carbons (Fsp3) is 0.438. The number of esters is 1. The molecule has 8 heteroatoms. The number of nitrogens with zero attached hydrogens (tertiary/aromatic N) is 2. The van der Waals surface area contributed by atoms with E-state index in [0.29, 0.717) is 36.8 Å². The first-order valence-electron chi connectivity index (χ1n) is 7.97. The molecule has 0 unspecified atom stereocenters. The highest BCUT2D eigenvalue weighted by Crippen LogP contribution is 2.25. The van der Waals surface area contributed by atoms with E-state index < -0.39 is 5.97 Å². The molecule has 130 valence electrons. The molecule has 1 saturated heterocycles. The molecule has 0 saturated carbocycles. The van der Waals surface area contributed by atoms with Crippen molar-refractivity contribution in [2.24, 2.45) is 0 Å². The van der Waals surface area contributed by atoms with Gasteiger partial charge in [0.2, 0.25) is 0 Å². The van der Waals surface area contributed by atoms with Crippen LogP contribution in [0.4, 0.5) is 10.1 Å². The van der Waals surface area contributed by atoms with Gasteiger partial charge in [0.05, 0.1) is 31.2 Å². The Bertz CT molecular complexity index is 632. The van der Waals surface area contributed by atoms with Crippen LogP contribution < -0.4 is 16.0 Å². The summed E-state index contributed by atoms with van der Waals surface area (Å²) in [6.45, 7) is 5.29. The van der Waals surface area contributed by atoms with Gasteiger partial charge in [0.15, 0.2) is 5.70 Å². The van der Waals surface area contributed by atoms with Crippen molar-refractivity contribution in [2.75, 3.05) is 44.5 Å². The average molecular weight is 336 g/mol. The number of rotatable bonds is 5. The minimum absolute atomic E-state index is 0.272. The number of benzene rings is 1. The van der Waals surface area contributed by atoms with E-state index in [4.69, 9.17) is 9.47 Å². The third-order valence-corrected chi connectivity index (χ3v) is 3.90. The fourth-order valence-corrected chi connectivity index (χ4v) is 2.69. The second kappa shape index (κ2) is 7.61. The Morgan fingerprint density at radius 1 is 1.33 bits per heavy atom. The van der Waals surface area contributed by atoms with Gasteiger partial charge in [0.1, 0.15) is 5.82 Å². The summed E-state index contributed by atoms with van der Waals surface area (Å²) in [5.74, 6) is -0.844. The minimum atomic E-state index is -0.466. The van der Waals surface area contributed by atoms with E-state index in [1.807, 2.05) is 0 Å². The van der Waals surface area contributed by atoms with Crippen LogP contribution >= 0.6 is 0 Å². The standard InChI is InChI=1S/C16H21FN4O3/c1-2-24-16(22)15-14(11-20-7-9-23-10-8-20)21(19-18-15)13-6-4-3-5-12(13)17/h3-6,18-19H,2,7-11H2,1H3. The first kappa shape index (κ1) is 16.7. The number of hydrazine groups is 2. The van der Waals surface area contributed by atoms with Gasteiger partial charge in [-0.15, -0.1) is 5.53 Å². The molecule has 7 nitrogen and oxygen atoms in total. The summed E-state index contributed by atoms with van der Waals surface area (Å²) in [4.78, 5) is 14.4. The Morgan fingerprint density at radius 2 is 2.08 bits per heavy atom. The van der Waals surface area contributed by atoms with Crippen molar-refractivity contribution < 1.29 is 18.7 Å². The van der Waals surface area contributed by atoms with Gasteiger partial charge in [0.25, 0.3) is 0 Å². The smallest absolute Gasteiger partial charge is 0.357 e. The summed E-state index contributed by atoms with van der Waals surface area (Å²) in [7, 11) is 0. The largest absolute Gasteiger partial charge is 0.461 e. The van der Waals surface area contributed by atoms with E-state index in [0.717, 1.165) is 13.1 Å². The molecule has 1 aromatic rings. The van der Waals surface area contributed by atoms with Crippen molar-refractivity contribution in [3.63, 3.8) is 0 Å². The van der Waals surface area contributed by atoms with Crippen molar-refractivity contribution in [3.8, 4) is 0 Å². The van der Waals surface area contributed by atoms with Crippen LogP contribution in [0.2, 0.25) is 0 Å². The zero-order valence-corrected chi connectivity index (χ0v) is 13.5. The lowest BCUT2D eigenvalue weighted by molar-refractivity contribution is -0.139. The van der Waals surface area contributed by atoms with E-state index in [2.05, 4.69) is 15.9 Å². The monoisotopic (exact) mass is 336 g/mol. The molecule has 0 amide bonds. The molecule has 0 bridgehead atoms. The fourth-order valence-electron chi connectivity index (χ4n) is 2.69. The Hall–Kier alpha value is -2.16. The number of carbonyl (C=O) groups excluding carboxylic acids is 1. The predicted molar refractivity (Wildman–Crippen MR) is 86.1 cm³/mol. The second-order valence-corrected chi connectivity index (χ2v) is 5.45. The average Bonchev–Trinajstić information content (AvgIpc) is 3.00. The molecule has 0 atom stereocenters. The zero-order valence-electron chi connectivity index (χ0n) is 13.5. The summed E-state index contributed by atoms with van der Waals surface area (Å²) in [6.07, 6.45) is 0. The predicted octanol–water partition coefficient (Wildman–Crippen LogP) is 0.762. The molecule has 1 fully saturated rings. The van der Waals surface area contributed by atoms with Crippen molar-refractivity contribution in [1.29, 1.82) is 0 Å². The number of hydrogen-bond acceptors (Lipinski definition) is 7. The summed E-state index contributed by atoms with van der Waals surface area (Å²) in [6, 6.07) is 6.40. The maximum Gasteiger partial charge on any atom is 0.357 e. The maximum atomic E-state index is 14.2. The molecule has 2 N–H and O–H groups in total. The summed E-state index contributed by atoms with van der Waals surface area (Å²) >= 11 is 0. The molecule has 1 aromatic carbocycles. The summed E-state index contributed by atoms with van der Waals surface area (Å²) in [5, 5.41) is 1.55. The van der Waals surface area contributed by atoms with Crippen LogP contribution in [0.3, 0.4) is 0 Å². The molecule has 0 aromatic heterocycles. The van der Waals surface area contributed by atoms with Crippen LogP contribution in [-0.4, -0.2) is 50.3 Å². The topological polar surface area (TPSA) is 66.1 Å². The molecule has 0 radical (unpaired) electrons. The van der Waals surface area contributed by atoms with Gasteiger partial charge in [0, 0.05) is 19.6 Å². The lowest BCUT2D eigenvalue weighted by atomic mass is 10.2. The molecular formula is C16H21FN4O3. The van der Waals surface area contributed by atoms with Crippen LogP contribution in [0, 0.1) is 5.82 Å². The Kier molecular flexibility index (Phi) is 5.29. The van der Waals surface area contributed by atoms with Gasteiger partial charge >= 0.3 is 5.97 Å². The van der Waals surface area contributed by atoms with E-state index in [9.17, 15) is 9.18 Å². The first-order chi connectivity index (χ1) is 11.7. The van der Waals surface area contributed by atoms with Crippen LogP contribution in [0.15, 0.2) is 35.7 Å². The summed E-state index contributed by atoms with van der Waals surface area (Å²) < 4.78 is 24.6. The SMILES string of the molecule is CCOC(=O)C1=C(CN2CCOCC2)N(c2ccccc2F)NN1. The quantitative estimate of drug-likeness (QED) is 0.770. The number of ether oxygens (including phenoxy) is 2. The zero-order chi connectivity index (χ0) is 16.9. The van der Waals surface area contributed by atoms with Crippen molar-refractivity contribution in [2.45, 2.75) is 6.92 Å². The van der Waals surface area contributed by atoms with Gasteiger partial charge in [-0.3, -0.25) is 15.3 Å². The van der Waals surface area contributed by atoms with E-state index in [-0.39, 0.29) is 12.4 Å². The van der Waals surface area contributed by atoms with E-state index in [1.54, 1.807) is 30.1 Å². The third-order valence-electron chi connectivity index (χ3n) is 3.90. The number of anilines is 1. The minimum Gasteiger partial charge on any atom is -0.461 e.